The smallest absolute Gasteiger partial charge is 0.248 e. The third kappa shape index (κ3) is 5.29. The number of halogens is 1. The number of anilines is 1. The van der Waals surface area contributed by atoms with Gasteiger partial charge in [0.2, 0.25) is 11.7 Å². The Morgan fingerprint density at radius 1 is 1.21 bits per heavy atom. The number of carbonyl (C=O) groups excluding carboxylic acids is 1. The van der Waals surface area contributed by atoms with Crippen molar-refractivity contribution >= 4 is 23.2 Å². The second-order valence-corrected chi connectivity index (χ2v) is 6.79. The van der Waals surface area contributed by atoms with Gasteiger partial charge in [0.1, 0.15) is 12.3 Å². The lowest BCUT2D eigenvalue weighted by molar-refractivity contribution is -0.117. The van der Waals surface area contributed by atoms with Crippen LogP contribution in [-0.2, 0) is 11.3 Å². The molecule has 8 heteroatoms. The summed E-state index contributed by atoms with van der Waals surface area (Å²) in [6.07, 6.45) is 2.12. The van der Waals surface area contributed by atoms with E-state index in [2.05, 4.69) is 27.7 Å². The van der Waals surface area contributed by atoms with Crippen LogP contribution in [0.3, 0.4) is 0 Å². The molecule has 0 saturated carbocycles. The summed E-state index contributed by atoms with van der Waals surface area (Å²) >= 11 is 6.07. The summed E-state index contributed by atoms with van der Waals surface area (Å²) in [5, 5.41) is 15.6. The Morgan fingerprint density at radius 2 is 2.00 bits per heavy atom. The van der Waals surface area contributed by atoms with E-state index in [-0.39, 0.29) is 12.5 Å². The van der Waals surface area contributed by atoms with Crippen LogP contribution in [0.25, 0.3) is 11.4 Å². The topological polar surface area (TPSA) is 81.9 Å². The van der Waals surface area contributed by atoms with Crippen LogP contribution in [0.4, 0.5) is 5.69 Å². The van der Waals surface area contributed by atoms with Gasteiger partial charge in [-0.3, -0.25) is 4.79 Å². The van der Waals surface area contributed by atoms with Gasteiger partial charge >= 0.3 is 0 Å². The molecule has 0 saturated heterocycles. The van der Waals surface area contributed by atoms with Crippen LogP contribution in [-0.4, -0.2) is 32.7 Å². The molecule has 0 spiro atoms. The number of hydrogen-bond donors (Lipinski definition) is 1. The molecule has 0 fully saturated rings. The summed E-state index contributed by atoms with van der Waals surface area (Å²) in [4.78, 5) is 13.5. The highest BCUT2D eigenvalue weighted by Crippen LogP contribution is 2.20. The van der Waals surface area contributed by atoms with Crippen LogP contribution in [0.5, 0.6) is 5.75 Å². The van der Waals surface area contributed by atoms with Crippen LogP contribution in [0.2, 0.25) is 5.02 Å². The molecular weight excluding hydrogens is 378 g/mol. The largest absolute Gasteiger partial charge is 0.494 e. The van der Waals surface area contributed by atoms with Crippen molar-refractivity contribution in [1.29, 1.82) is 0 Å². The number of hydrogen-bond acceptors (Lipinski definition) is 5. The second kappa shape index (κ2) is 9.32. The number of ether oxygens (including phenoxy) is 1. The first-order valence-corrected chi connectivity index (χ1v) is 9.50. The standard InChI is InChI=1S/C20H22ClN5O2/c1-3-4-11-28-17-9-6-15(7-10-17)20-23-25-26(24-20)13-19(27)22-16-8-5-14(2)18(21)12-16/h5-10,12H,3-4,11,13H2,1-2H3,(H,22,27). The number of aromatic nitrogens is 4. The van der Waals surface area contributed by atoms with E-state index in [0.717, 1.165) is 29.7 Å². The molecule has 28 heavy (non-hydrogen) atoms. The quantitative estimate of drug-likeness (QED) is 0.576. The summed E-state index contributed by atoms with van der Waals surface area (Å²) in [5.41, 5.74) is 2.38. The molecular formula is C20H22ClN5O2. The predicted molar refractivity (Wildman–Crippen MR) is 108 cm³/mol. The van der Waals surface area contributed by atoms with Gasteiger partial charge in [-0.05, 0) is 60.5 Å². The molecule has 0 bridgehead atoms. The Balaban J connectivity index is 1.58. The van der Waals surface area contributed by atoms with Crippen LogP contribution >= 0.6 is 11.6 Å². The molecule has 0 aliphatic carbocycles. The Bertz CT molecular complexity index is 940. The molecule has 0 aliphatic rings. The second-order valence-electron chi connectivity index (χ2n) is 6.38. The molecule has 1 heterocycles. The Labute approximate surface area is 168 Å². The van der Waals surface area contributed by atoms with E-state index in [9.17, 15) is 4.79 Å². The average molecular weight is 400 g/mol. The molecule has 3 aromatic rings. The zero-order chi connectivity index (χ0) is 19.9. The maximum Gasteiger partial charge on any atom is 0.248 e. The summed E-state index contributed by atoms with van der Waals surface area (Å²) < 4.78 is 5.64. The lowest BCUT2D eigenvalue weighted by Gasteiger charge is -2.06. The molecule has 2 aromatic carbocycles. The summed E-state index contributed by atoms with van der Waals surface area (Å²) in [6, 6.07) is 12.8. The van der Waals surface area contributed by atoms with Crippen molar-refractivity contribution in [3.63, 3.8) is 0 Å². The number of amides is 1. The molecule has 0 aliphatic heterocycles. The monoisotopic (exact) mass is 399 g/mol. The van der Waals surface area contributed by atoms with Crippen LogP contribution in [0.15, 0.2) is 42.5 Å². The lowest BCUT2D eigenvalue weighted by Crippen LogP contribution is -2.20. The number of nitrogens with zero attached hydrogens (tertiary/aromatic N) is 4. The molecule has 0 radical (unpaired) electrons. The van der Waals surface area contributed by atoms with Gasteiger partial charge in [-0.15, -0.1) is 10.2 Å². The minimum absolute atomic E-state index is 0.0449. The van der Waals surface area contributed by atoms with E-state index >= 15 is 0 Å². The Kier molecular flexibility index (Phi) is 6.60. The molecule has 1 N–H and O–H groups in total. The predicted octanol–water partition coefficient (Wildman–Crippen LogP) is 4.12. The van der Waals surface area contributed by atoms with E-state index in [0.29, 0.717) is 23.1 Å². The molecule has 1 amide bonds. The van der Waals surface area contributed by atoms with Gasteiger partial charge in [0.15, 0.2) is 0 Å². The van der Waals surface area contributed by atoms with E-state index in [4.69, 9.17) is 16.3 Å². The number of unbranched alkanes of at least 4 members (excludes halogenated alkanes) is 1. The fourth-order valence-corrected chi connectivity index (χ4v) is 2.64. The van der Waals surface area contributed by atoms with Gasteiger partial charge in [0.05, 0.1) is 6.61 Å². The van der Waals surface area contributed by atoms with Crippen molar-refractivity contribution in [2.24, 2.45) is 0 Å². The number of aryl methyl sites for hydroxylation is 1. The highest BCUT2D eigenvalue weighted by molar-refractivity contribution is 6.31. The SMILES string of the molecule is CCCCOc1ccc(-c2nnn(CC(=O)Nc3ccc(C)c(Cl)c3)n2)cc1. The normalized spacial score (nSPS) is 10.7. The number of rotatable bonds is 8. The van der Waals surface area contributed by atoms with E-state index in [1.807, 2.05) is 37.3 Å². The molecule has 0 atom stereocenters. The highest BCUT2D eigenvalue weighted by Gasteiger charge is 2.10. The van der Waals surface area contributed by atoms with Crippen molar-refractivity contribution in [3.8, 4) is 17.1 Å². The van der Waals surface area contributed by atoms with Gasteiger partial charge in [-0.1, -0.05) is 31.0 Å². The van der Waals surface area contributed by atoms with Crippen LogP contribution in [0.1, 0.15) is 25.3 Å². The van der Waals surface area contributed by atoms with Gasteiger partial charge in [-0.2, -0.15) is 4.80 Å². The summed E-state index contributed by atoms with van der Waals surface area (Å²) in [7, 11) is 0. The van der Waals surface area contributed by atoms with Crippen molar-refractivity contribution < 1.29 is 9.53 Å². The fraction of sp³-hybridized carbons (Fsp3) is 0.300. The van der Waals surface area contributed by atoms with Crippen molar-refractivity contribution in [3.05, 3.63) is 53.1 Å². The minimum atomic E-state index is -0.261. The zero-order valence-corrected chi connectivity index (χ0v) is 16.6. The molecule has 0 unspecified atom stereocenters. The molecule has 3 rings (SSSR count). The van der Waals surface area contributed by atoms with E-state index in [1.165, 1.54) is 4.80 Å². The van der Waals surface area contributed by atoms with E-state index in [1.54, 1.807) is 12.1 Å². The number of benzene rings is 2. The number of nitrogens with one attached hydrogen (secondary N) is 1. The van der Waals surface area contributed by atoms with Gasteiger partial charge in [0.25, 0.3) is 0 Å². The first kappa shape index (κ1) is 19.8. The van der Waals surface area contributed by atoms with E-state index < -0.39 is 0 Å². The first-order chi connectivity index (χ1) is 13.5. The first-order valence-electron chi connectivity index (χ1n) is 9.12. The number of carbonyl (C=O) groups is 1. The fourth-order valence-electron chi connectivity index (χ4n) is 2.46. The third-order valence-corrected chi connectivity index (χ3v) is 4.48. The van der Waals surface area contributed by atoms with Crippen molar-refractivity contribution in [2.45, 2.75) is 33.2 Å². The van der Waals surface area contributed by atoms with Crippen LogP contribution in [0, 0.1) is 6.92 Å². The van der Waals surface area contributed by atoms with Crippen LogP contribution < -0.4 is 10.1 Å². The summed E-state index contributed by atoms with van der Waals surface area (Å²) in [6.45, 7) is 4.68. The highest BCUT2D eigenvalue weighted by atomic mass is 35.5. The lowest BCUT2D eigenvalue weighted by atomic mass is 10.2. The minimum Gasteiger partial charge on any atom is -0.494 e. The third-order valence-electron chi connectivity index (χ3n) is 4.07. The zero-order valence-electron chi connectivity index (χ0n) is 15.9. The Morgan fingerprint density at radius 3 is 2.71 bits per heavy atom. The van der Waals surface area contributed by atoms with Crippen molar-refractivity contribution in [1.82, 2.24) is 20.2 Å². The number of tetrazole rings is 1. The maximum atomic E-state index is 12.2. The molecule has 146 valence electrons. The summed E-state index contributed by atoms with van der Waals surface area (Å²) in [5.74, 6) is 0.996. The van der Waals surface area contributed by atoms with Gasteiger partial charge < -0.3 is 10.1 Å². The molecule has 7 nitrogen and oxygen atoms in total. The Hall–Kier alpha value is -2.93. The maximum absolute atomic E-state index is 12.2. The van der Waals surface area contributed by atoms with Crippen molar-refractivity contribution in [2.75, 3.05) is 11.9 Å². The van der Waals surface area contributed by atoms with Gasteiger partial charge in [-0.25, -0.2) is 0 Å². The molecule has 1 aromatic heterocycles. The average Bonchev–Trinajstić information content (AvgIpc) is 3.14. The van der Waals surface area contributed by atoms with Gasteiger partial charge in [0, 0.05) is 16.3 Å².